The molecule has 17 heavy (non-hydrogen) atoms. The summed E-state index contributed by atoms with van der Waals surface area (Å²) >= 11 is 0. The van der Waals surface area contributed by atoms with Crippen LogP contribution in [0.15, 0.2) is 30.3 Å². The molecule has 0 amide bonds. The van der Waals surface area contributed by atoms with Gasteiger partial charge in [-0.1, -0.05) is 43.7 Å². The predicted molar refractivity (Wildman–Crippen MR) is 66.8 cm³/mol. The van der Waals surface area contributed by atoms with Gasteiger partial charge in [0.2, 0.25) is 0 Å². The summed E-state index contributed by atoms with van der Waals surface area (Å²) in [7, 11) is 0. The summed E-state index contributed by atoms with van der Waals surface area (Å²) in [5.41, 5.74) is -1.51. The monoisotopic (exact) mass is 264 g/mol. The van der Waals surface area contributed by atoms with Crippen LogP contribution in [0, 0.1) is 0 Å². The maximum absolute atomic E-state index is 11.3. The Labute approximate surface area is 130 Å². The van der Waals surface area contributed by atoms with Crippen LogP contribution in [0.1, 0.15) is 25.3 Å². The number of carbonyl (C=O) groups is 2. The zero-order chi connectivity index (χ0) is 12.2. The molecule has 0 bridgehead atoms. The van der Waals surface area contributed by atoms with Gasteiger partial charge in [-0.2, -0.15) is 0 Å². The summed E-state index contributed by atoms with van der Waals surface area (Å²) in [4.78, 5) is 22.5. The van der Waals surface area contributed by atoms with E-state index in [1.54, 1.807) is 25.1 Å². The van der Waals surface area contributed by atoms with Gasteiger partial charge in [0.25, 0.3) is 0 Å². The molecule has 0 aliphatic heterocycles. The van der Waals surface area contributed by atoms with Gasteiger partial charge < -0.3 is 10.2 Å². The molecule has 0 unspecified atom stereocenters. The number of hydrogen-bond donors (Lipinski definition) is 2. The molecule has 0 saturated carbocycles. The molecule has 0 aromatic heterocycles. The first kappa shape index (κ1) is 16.4. The van der Waals surface area contributed by atoms with Crippen molar-refractivity contribution in [1.29, 1.82) is 0 Å². The minimum absolute atomic E-state index is 0. The second-order valence-corrected chi connectivity index (χ2v) is 3.63. The van der Waals surface area contributed by atoms with E-state index in [2.05, 4.69) is 0 Å². The number of rotatable bonds is 5. The predicted octanol–water partition coefficient (Wildman–Crippen LogP) is 0.978. The number of hydrogen-bond acceptors (Lipinski definition) is 2. The number of benzene rings is 1. The third-order valence-electron chi connectivity index (χ3n) is 2.62. The molecule has 1 aromatic carbocycles. The summed E-state index contributed by atoms with van der Waals surface area (Å²) in [5, 5.41) is 18.4. The van der Waals surface area contributed by atoms with Crippen molar-refractivity contribution in [1.82, 2.24) is 0 Å². The van der Waals surface area contributed by atoms with Crippen LogP contribution >= 0.6 is 0 Å². The molecule has 2 N–H and O–H groups in total. The second kappa shape index (κ2) is 6.99. The molecule has 1 aromatic rings. The van der Waals surface area contributed by atoms with Crippen molar-refractivity contribution < 1.29 is 19.8 Å². The van der Waals surface area contributed by atoms with Gasteiger partial charge in [0.1, 0.15) is 0 Å². The average molecular weight is 264 g/mol. The third kappa shape index (κ3) is 3.21. The van der Waals surface area contributed by atoms with Crippen molar-refractivity contribution in [2.75, 3.05) is 0 Å². The van der Waals surface area contributed by atoms with Crippen LogP contribution in [-0.4, -0.2) is 59.9 Å². The Morgan fingerprint density at radius 1 is 1.12 bits per heavy atom. The first-order chi connectivity index (χ1) is 7.55. The van der Waals surface area contributed by atoms with E-state index in [0.29, 0.717) is 12.0 Å². The summed E-state index contributed by atoms with van der Waals surface area (Å²) in [6.45, 7) is 1.77. The second-order valence-electron chi connectivity index (χ2n) is 3.63. The standard InChI is InChI=1S/C12H14O4.Ca.2H/c1-2-8-12(10(13)14,11(15)16)9-6-4-3-5-7-9;;;/h3-7H,2,8H2,1H3,(H,13,14)(H,15,16);;;. The zero-order valence-corrected chi connectivity index (χ0v) is 9.01. The molecular formula is C12H16CaO4. The molecule has 0 atom stereocenters. The third-order valence-corrected chi connectivity index (χ3v) is 2.62. The SMILES string of the molecule is CCCC(C(=O)O)(C(=O)O)c1ccccc1.[CaH2]. The quantitative estimate of drug-likeness (QED) is 0.614. The fraction of sp³-hybridized carbons (Fsp3) is 0.333. The number of carboxylic acid groups (broad SMARTS) is 2. The van der Waals surface area contributed by atoms with E-state index >= 15 is 0 Å². The van der Waals surface area contributed by atoms with Gasteiger partial charge in [0.15, 0.2) is 5.41 Å². The summed E-state index contributed by atoms with van der Waals surface area (Å²) in [6, 6.07) is 8.09. The van der Waals surface area contributed by atoms with Crippen molar-refractivity contribution in [3.63, 3.8) is 0 Å². The molecule has 5 heteroatoms. The Kier molecular flexibility index (Phi) is 6.75. The summed E-state index contributed by atoms with van der Waals surface area (Å²) in [5.74, 6) is -2.62. The maximum atomic E-state index is 11.3. The average Bonchev–Trinajstić information content (AvgIpc) is 2.26. The van der Waals surface area contributed by atoms with Crippen LogP contribution in [0.5, 0.6) is 0 Å². The van der Waals surface area contributed by atoms with Gasteiger partial charge in [0.05, 0.1) is 0 Å². The van der Waals surface area contributed by atoms with Gasteiger partial charge in [0, 0.05) is 0 Å². The van der Waals surface area contributed by atoms with Gasteiger partial charge in [-0.25, -0.2) is 0 Å². The molecule has 0 aliphatic rings. The molecule has 0 fully saturated rings. The summed E-state index contributed by atoms with van der Waals surface area (Å²) in [6.07, 6.45) is 0.579. The molecule has 4 nitrogen and oxygen atoms in total. The zero-order valence-electron chi connectivity index (χ0n) is 9.01. The topological polar surface area (TPSA) is 74.6 Å². The van der Waals surface area contributed by atoms with Crippen molar-refractivity contribution in [2.45, 2.75) is 25.2 Å². The van der Waals surface area contributed by atoms with Crippen molar-refractivity contribution >= 4 is 49.7 Å². The number of carboxylic acids is 2. The number of aliphatic carboxylic acids is 2. The van der Waals surface area contributed by atoms with E-state index in [1.165, 1.54) is 12.1 Å². The fourth-order valence-electron chi connectivity index (χ4n) is 1.79. The van der Waals surface area contributed by atoms with Crippen LogP contribution in [0.2, 0.25) is 0 Å². The van der Waals surface area contributed by atoms with Crippen molar-refractivity contribution in [3.05, 3.63) is 35.9 Å². The van der Waals surface area contributed by atoms with Gasteiger partial charge in [-0.05, 0) is 12.0 Å². The van der Waals surface area contributed by atoms with Crippen LogP contribution in [0.4, 0.5) is 0 Å². The Morgan fingerprint density at radius 3 is 1.94 bits per heavy atom. The van der Waals surface area contributed by atoms with E-state index in [4.69, 9.17) is 0 Å². The molecule has 1 rings (SSSR count). The Bertz CT molecular complexity index is 375. The van der Waals surface area contributed by atoms with E-state index in [-0.39, 0.29) is 44.2 Å². The van der Waals surface area contributed by atoms with Crippen molar-refractivity contribution in [2.24, 2.45) is 0 Å². The molecular weight excluding hydrogens is 248 g/mol. The van der Waals surface area contributed by atoms with Crippen LogP contribution in [-0.2, 0) is 15.0 Å². The Balaban J connectivity index is 0.00000256. The van der Waals surface area contributed by atoms with Crippen molar-refractivity contribution in [3.8, 4) is 0 Å². The first-order valence-corrected chi connectivity index (χ1v) is 5.08. The Hall–Kier alpha value is -0.580. The first-order valence-electron chi connectivity index (χ1n) is 5.08. The fourth-order valence-corrected chi connectivity index (χ4v) is 1.79. The van der Waals surface area contributed by atoms with E-state index < -0.39 is 17.4 Å². The van der Waals surface area contributed by atoms with E-state index in [1.807, 2.05) is 0 Å². The normalized spacial score (nSPS) is 10.4. The molecule has 0 radical (unpaired) electrons. The molecule has 0 spiro atoms. The summed E-state index contributed by atoms with van der Waals surface area (Å²) < 4.78 is 0. The van der Waals surface area contributed by atoms with Gasteiger partial charge in [-0.3, -0.25) is 9.59 Å². The molecule has 0 aliphatic carbocycles. The van der Waals surface area contributed by atoms with Gasteiger partial charge >= 0.3 is 49.7 Å². The Morgan fingerprint density at radius 2 is 1.59 bits per heavy atom. The molecule has 0 heterocycles. The van der Waals surface area contributed by atoms with Crippen LogP contribution in [0.25, 0.3) is 0 Å². The van der Waals surface area contributed by atoms with E-state index in [0.717, 1.165) is 0 Å². The molecule has 90 valence electrons. The van der Waals surface area contributed by atoms with Gasteiger partial charge in [-0.15, -0.1) is 0 Å². The van der Waals surface area contributed by atoms with E-state index in [9.17, 15) is 19.8 Å². The van der Waals surface area contributed by atoms with Crippen LogP contribution < -0.4 is 0 Å². The molecule has 0 saturated heterocycles. The van der Waals surface area contributed by atoms with Crippen LogP contribution in [0.3, 0.4) is 0 Å². The minimum atomic E-state index is -1.82.